The van der Waals surface area contributed by atoms with Crippen LogP contribution in [-0.4, -0.2) is 30.6 Å². The zero-order valence-corrected chi connectivity index (χ0v) is 30.0. The van der Waals surface area contributed by atoms with E-state index in [1.807, 2.05) is 6.07 Å². The summed E-state index contributed by atoms with van der Waals surface area (Å²) in [6.45, 7) is 1.72. The number of nitrogens with zero attached hydrogens (tertiary/aromatic N) is 5. The number of halogens is 3. The number of hydrogen-bond acceptors (Lipinski definition) is 9. The maximum absolute atomic E-state index is 14.1. The molecule has 0 aliphatic carbocycles. The number of fused-ring (bicyclic) bond motifs is 1. The lowest BCUT2D eigenvalue weighted by atomic mass is 9.95. The Morgan fingerprint density at radius 3 is 2.49 bits per heavy atom. The van der Waals surface area contributed by atoms with E-state index in [1.165, 1.54) is 10.6 Å². The number of amides is 1. The van der Waals surface area contributed by atoms with Crippen LogP contribution in [0.1, 0.15) is 24.1 Å². The predicted octanol–water partition coefficient (Wildman–Crippen LogP) is 7.68. The minimum Gasteiger partial charge on any atom is -0.322 e. The van der Waals surface area contributed by atoms with Crippen molar-refractivity contribution in [2.24, 2.45) is 4.99 Å². The Morgan fingerprint density at radius 1 is 1.02 bits per heavy atom. The van der Waals surface area contributed by atoms with E-state index in [2.05, 4.69) is 25.5 Å². The number of anilines is 1. The van der Waals surface area contributed by atoms with Gasteiger partial charge in [0, 0.05) is 27.4 Å². The van der Waals surface area contributed by atoms with Gasteiger partial charge in [0.15, 0.2) is 10.6 Å². The molecule has 6 aromatic rings. The summed E-state index contributed by atoms with van der Waals surface area (Å²) in [4.78, 5) is 49.3. The number of rotatable bonds is 8. The van der Waals surface area contributed by atoms with E-state index in [4.69, 9.17) is 34.8 Å². The van der Waals surface area contributed by atoms with Gasteiger partial charge in [-0.15, -0.1) is 5.10 Å². The first-order valence-corrected chi connectivity index (χ1v) is 17.8. The van der Waals surface area contributed by atoms with Crippen LogP contribution in [0.5, 0.6) is 0 Å². The largest absolute Gasteiger partial charge is 0.322 e. The molecular weight excluding hydrogens is 753 g/mol. The van der Waals surface area contributed by atoms with Gasteiger partial charge in [-0.2, -0.15) is 0 Å². The highest BCUT2D eigenvalue weighted by atomic mass is 35.5. The fourth-order valence-corrected chi connectivity index (χ4v) is 7.96. The Kier molecular flexibility index (Phi) is 9.64. The number of carbonyl (C=O) groups is 1. The predicted molar refractivity (Wildman–Crippen MR) is 199 cm³/mol. The monoisotopic (exact) mass is 773 g/mol. The molecule has 254 valence electrons. The minimum absolute atomic E-state index is 0.202. The number of nitro groups is 1. The van der Waals surface area contributed by atoms with Crippen molar-refractivity contribution >= 4 is 81.3 Å². The highest BCUT2D eigenvalue weighted by Gasteiger charge is 2.32. The van der Waals surface area contributed by atoms with Gasteiger partial charge in [0.25, 0.3) is 17.2 Å². The Labute approximate surface area is 312 Å². The molecule has 16 heteroatoms. The van der Waals surface area contributed by atoms with Crippen molar-refractivity contribution in [2.45, 2.75) is 23.0 Å². The SMILES string of the molecule is CC1=C(C(=O)Nc2ccccc2)[C@H](c2ccc(Cl)cc2)n2c(s/c(=C/c3ccc(Sc4n[nH]c(-c5ccc(Cl)cc5Cl)n4)c([N+](=O)[O-])c3)c2=O)=N1. The van der Waals surface area contributed by atoms with E-state index in [1.54, 1.807) is 91.9 Å². The van der Waals surface area contributed by atoms with Crippen LogP contribution in [0.15, 0.2) is 122 Å². The van der Waals surface area contributed by atoms with Gasteiger partial charge in [0.05, 0.1) is 36.7 Å². The first kappa shape index (κ1) is 34.4. The maximum Gasteiger partial charge on any atom is 0.283 e. The molecule has 1 aliphatic heterocycles. The standard InChI is InChI=1S/C35H22Cl3N7O4S2/c1-18-29(32(46)40-23-5-3-2-4-6-23)30(20-8-10-21(36)11-9-20)44-33(47)28(51-35(44)39-18)16-19-7-14-27(26(15-19)45(48)49)50-34-41-31(42-43-34)24-13-12-22(37)17-25(24)38/h2-17,30H,1H3,(H,40,46)(H,41,42,43)/b28-16+/t30-/m0/s1. The molecule has 51 heavy (non-hydrogen) atoms. The van der Waals surface area contributed by atoms with Crippen molar-refractivity contribution in [2.75, 3.05) is 5.32 Å². The molecule has 2 N–H and O–H groups in total. The van der Waals surface area contributed by atoms with Crippen LogP contribution < -0.4 is 20.2 Å². The summed E-state index contributed by atoms with van der Waals surface area (Å²) >= 11 is 20.6. The van der Waals surface area contributed by atoms with Crippen LogP contribution in [0.4, 0.5) is 11.4 Å². The minimum atomic E-state index is -0.813. The van der Waals surface area contributed by atoms with Crippen molar-refractivity contribution in [3.8, 4) is 11.4 Å². The second kappa shape index (κ2) is 14.3. The molecule has 3 heterocycles. The molecule has 0 saturated carbocycles. The molecule has 4 aromatic carbocycles. The molecule has 2 aromatic heterocycles. The van der Waals surface area contributed by atoms with Crippen LogP contribution in [0.3, 0.4) is 0 Å². The van der Waals surface area contributed by atoms with Gasteiger partial charge < -0.3 is 5.32 Å². The highest BCUT2D eigenvalue weighted by molar-refractivity contribution is 7.99. The average Bonchev–Trinajstić information content (AvgIpc) is 3.68. The topological polar surface area (TPSA) is 148 Å². The fraction of sp³-hybridized carbons (Fsp3) is 0.0571. The van der Waals surface area contributed by atoms with Crippen LogP contribution in [-0.2, 0) is 4.79 Å². The quantitative estimate of drug-likeness (QED) is 0.119. The number of allylic oxidation sites excluding steroid dienone is 1. The number of benzene rings is 4. The normalized spacial score (nSPS) is 14.3. The number of aromatic nitrogens is 4. The molecule has 1 atom stereocenters. The first-order valence-electron chi connectivity index (χ1n) is 15.0. The molecule has 0 radical (unpaired) electrons. The van der Waals surface area contributed by atoms with Gasteiger partial charge in [-0.3, -0.25) is 29.4 Å². The van der Waals surface area contributed by atoms with Gasteiger partial charge in [0.1, 0.15) is 0 Å². The number of aromatic amines is 1. The van der Waals surface area contributed by atoms with Crippen molar-refractivity contribution < 1.29 is 9.72 Å². The second-order valence-corrected chi connectivity index (χ2v) is 14.4. The lowest BCUT2D eigenvalue weighted by Crippen LogP contribution is -2.40. The van der Waals surface area contributed by atoms with E-state index in [0.717, 1.165) is 23.1 Å². The third kappa shape index (κ3) is 7.12. The van der Waals surface area contributed by atoms with E-state index in [-0.39, 0.29) is 15.4 Å². The smallest absolute Gasteiger partial charge is 0.283 e. The molecule has 0 bridgehead atoms. The number of para-hydroxylation sites is 1. The summed E-state index contributed by atoms with van der Waals surface area (Å²) in [5.74, 6) is -0.0307. The summed E-state index contributed by atoms with van der Waals surface area (Å²) in [6.07, 6.45) is 1.57. The molecule has 0 saturated heterocycles. The summed E-state index contributed by atoms with van der Waals surface area (Å²) in [5, 5.41) is 23.7. The summed E-state index contributed by atoms with van der Waals surface area (Å²) < 4.78 is 1.75. The number of H-pyrrole nitrogens is 1. The van der Waals surface area contributed by atoms with Crippen molar-refractivity contribution in [1.29, 1.82) is 0 Å². The molecule has 0 unspecified atom stereocenters. The van der Waals surface area contributed by atoms with Gasteiger partial charge in [-0.25, -0.2) is 9.98 Å². The van der Waals surface area contributed by atoms with Crippen molar-refractivity contribution in [1.82, 2.24) is 19.7 Å². The number of nitrogens with one attached hydrogen (secondary N) is 2. The lowest BCUT2D eigenvalue weighted by Gasteiger charge is -2.25. The molecule has 0 fully saturated rings. The molecule has 1 amide bonds. The molecular formula is C35H22Cl3N7O4S2. The van der Waals surface area contributed by atoms with Gasteiger partial charge in [0.2, 0.25) is 5.16 Å². The van der Waals surface area contributed by atoms with E-state index in [0.29, 0.717) is 64.2 Å². The zero-order chi connectivity index (χ0) is 35.8. The van der Waals surface area contributed by atoms with Crippen molar-refractivity contribution in [3.63, 3.8) is 0 Å². The number of carbonyl (C=O) groups excluding carboxylic acids is 1. The fourth-order valence-electron chi connectivity index (χ4n) is 5.49. The number of thiazole rings is 1. The Morgan fingerprint density at radius 2 is 1.76 bits per heavy atom. The Hall–Kier alpha value is -5.05. The molecule has 0 spiro atoms. The van der Waals surface area contributed by atoms with Gasteiger partial charge in [-0.05, 0) is 84.4 Å². The number of nitro benzene ring substituents is 1. The van der Waals surface area contributed by atoms with Crippen LogP contribution in [0.2, 0.25) is 15.1 Å². The maximum atomic E-state index is 14.1. The summed E-state index contributed by atoms with van der Waals surface area (Å²) in [6, 6.07) is 24.6. The van der Waals surface area contributed by atoms with E-state index < -0.39 is 22.4 Å². The van der Waals surface area contributed by atoms with E-state index in [9.17, 15) is 19.7 Å². The highest BCUT2D eigenvalue weighted by Crippen LogP contribution is 2.36. The van der Waals surface area contributed by atoms with Gasteiger partial charge >= 0.3 is 0 Å². The molecule has 7 rings (SSSR count). The van der Waals surface area contributed by atoms with Crippen LogP contribution in [0.25, 0.3) is 17.5 Å². The average molecular weight is 775 g/mol. The summed E-state index contributed by atoms with van der Waals surface area (Å²) in [5.41, 5.74) is 2.37. The third-order valence-corrected chi connectivity index (χ3v) is 10.5. The molecule has 1 aliphatic rings. The van der Waals surface area contributed by atoms with Crippen LogP contribution in [0, 0.1) is 10.1 Å². The third-order valence-electron chi connectivity index (χ3n) is 7.81. The lowest BCUT2D eigenvalue weighted by molar-refractivity contribution is -0.387. The van der Waals surface area contributed by atoms with Crippen molar-refractivity contribution in [3.05, 3.63) is 158 Å². The Balaban J connectivity index is 1.25. The second-order valence-electron chi connectivity index (χ2n) is 11.1. The van der Waals surface area contributed by atoms with Crippen LogP contribution >= 0.6 is 57.9 Å². The number of hydrogen-bond donors (Lipinski definition) is 2. The summed E-state index contributed by atoms with van der Waals surface area (Å²) in [7, 11) is 0. The zero-order valence-electron chi connectivity index (χ0n) is 26.1. The Bertz CT molecular complexity index is 2570. The van der Waals surface area contributed by atoms with Gasteiger partial charge in [-0.1, -0.05) is 82.5 Å². The first-order chi connectivity index (χ1) is 24.5. The van der Waals surface area contributed by atoms with E-state index >= 15 is 0 Å². The molecule has 11 nitrogen and oxygen atoms in total.